The number of carbonyl (C=O) groups excluding carboxylic acids is 2. The summed E-state index contributed by atoms with van der Waals surface area (Å²) < 4.78 is 21.6. The van der Waals surface area contributed by atoms with Crippen molar-refractivity contribution in [2.75, 3.05) is 31.7 Å². The minimum absolute atomic E-state index is 0.206. The lowest BCUT2D eigenvalue weighted by molar-refractivity contribution is -0.152. The molecule has 0 radical (unpaired) electrons. The van der Waals surface area contributed by atoms with Crippen molar-refractivity contribution in [2.45, 2.75) is 6.42 Å². The number of amides is 1. The summed E-state index contributed by atoms with van der Waals surface area (Å²) in [6.45, 7) is 0.777. The van der Waals surface area contributed by atoms with Crippen molar-refractivity contribution in [1.82, 2.24) is 0 Å². The topological polar surface area (TPSA) is 83.1 Å². The van der Waals surface area contributed by atoms with E-state index in [1.807, 2.05) is 0 Å². The van der Waals surface area contributed by atoms with Crippen LogP contribution < -0.4 is 19.5 Å². The quantitative estimate of drug-likeness (QED) is 0.790. The smallest absolute Gasteiger partial charge is 0.313 e. The lowest BCUT2D eigenvalue weighted by Crippen LogP contribution is -2.32. The first kappa shape index (κ1) is 18.4. The molecule has 0 saturated carbocycles. The highest BCUT2D eigenvalue weighted by molar-refractivity contribution is 6.30. The standard InChI is InChI=1S/C20H18ClNO6/c21-14-1-3-16-12(8-14)7-13(10-27-16)20(24)28-11-19(23)22-15-2-4-17-18(9-15)26-6-5-25-17/h1-4,8-9,13H,5-7,10-11H2,(H,22,23)/t13-/m0/s1. The number of halogens is 1. The number of hydrogen-bond acceptors (Lipinski definition) is 6. The third-order valence-corrected chi connectivity index (χ3v) is 4.67. The van der Waals surface area contributed by atoms with Gasteiger partial charge in [0.15, 0.2) is 18.1 Å². The Morgan fingerprint density at radius 3 is 2.68 bits per heavy atom. The van der Waals surface area contributed by atoms with Crippen LogP contribution >= 0.6 is 11.6 Å². The molecular weight excluding hydrogens is 386 g/mol. The molecule has 0 fully saturated rings. The SMILES string of the molecule is O=C(COC(=O)[C@@H]1COc2ccc(Cl)cc2C1)Nc1ccc2c(c1)OCCO2. The fraction of sp³-hybridized carbons (Fsp3) is 0.300. The maximum Gasteiger partial charge on any atom is 0.313 e. The van der Waals surface area contributed by atoms with E-state index in [0.29, 0.717) is 47.6 Å². The molecule has 4 rings (SSSR count). The van der Waals surface area contributed by atoms with Crippen molar-refractivity contribution in [2.24, 2.45) is 5.92 Å². The van der Waals surface area contributed by atoms with E-state index in [2.05, 4.69) is 5.32 Å². The van der Waals surface area contributed by atoms with Crippen molar-refractivity contribution in [3.8, 4) is 17.2 Å². The van der Waals surface area contributed by atoms with Crippen molar-refractivity contribution < 1.29 is 28.5 Å². The lowest BCUT2D eigenvalue weighted by atomic mass is 9.97. The normalized spacial score (nSPS) is 17.1. The number of ether oxygens (including phenoxy) is 4. The summed E-state index contributed by atoms with van der Waals surface area (Å²) in [6.07, 6.45) is 0.457. The number of nitrogens with one attached hydrogen (secondary N) is 1. The molecule has 8 heteroatoms. The molecule has 7 nitrogen and oxygen atoms in total. The van der Waals surface area contributed by atoms with Gasteiger partial charge in [0, 0.05) is 16.8 Å². The van der Waals surface area contributed by atoms with Crippen LogP contribution in [-0.4, -0.2) is 38.3 Å². The molecule has 0 aliphatic carbocycles. The molecule has 2 aromatic carbocycles. The van der Waals surface area contributed by atoms with E-state index in [-0.39, 0.29) is 13.2 Å². The van der Waals surface area contributed by atoms with Crippen LogP contribution in [-0.2, 0) is 20.7 Å². The second-order valence-electron chi connectivity index (χ2n) is 6.48. The van der Waals surface area contributed by atoms with E-state index in [1.54, 1.807) is 36.4 Å². The highest BCUT2D eigenvalue weighted by Crippen LogP contribution is 2.33. The van der Waals surface area contributed by atoms with Crippen molar-refractivity contribution in [3.63, 3.8) is 0 Å². The van der Waals surface area contributed by atoms with Crippen LogP contribution in [0, 0.1) is 5.92 Å². The van der Waals surface area contributed by atoms with Gasteiger partial charge in [-0.2, -0.15) is 0 Å². The van der Waals surface area contributed by atoms with E-state index >= 15 is 0 Å². The van der Waals surface area contributed by atoms with Gasteiger partial charge in [0.1, 0.15) is 25.6 Å². The van der Waals surface area contributed by atoms with Crippen molar-refractivity contribution in [3.05, 3.63) is 47.0 Å². The van der Waals surface area contributed by atoms with E-state index in [9.17, 15) is 9.59 Å². The van der Waals surface area contributed by atoms with Gasteiger partial charge in [0.25, 0.3) is 5.91 Å². The van der Waals surface area contributed by atoms with E-state index < -0.39 is 17.8 Å². The first-order chi connectivity index (χ1) is 13.6. The zero-order chi connectivity index (χ0) is 19.5. The van der Waals surface area contributed by atoms with Gasteiger partial charge in [-0.25, -0.2) is 0 Å². The predicted octanol–water partition coefficient (Wildman–Crippen LogP) is 2.84. The number of benzene rings is 2. The van der Waals surface area contributed by atoms with Crippen LogP contribution in [0.1, 0.15) is 5.56 Å². The number of rotatable bonds is 4. The Labute approximate surface area is 166 Å². The van der Waals surface area contributed by atoms with Gasteiger partial charge in [-0.05, 0) is 42.3 Å². The van der Waals surface area contributed by atoms with Gasteiger partial charge >= 0.3 is 5.97 Å². The van der Waals surface area contributed by atoms with Crippen LogP contribution in [0.3, 0.4) is 0 Å². The van der Waals surface area contributed by atoms with Gasteiger partial charge < -0.3 is 24.3 Å². The van der Waals surface area contributed by atoms with E-state index in [1.165, 1.54) is 0 Å². The zero-order valence-corrected chi connectivity index (χ0v) is 15.7. The Bertz CT molecular complexity index is 916. The molecule has 28 heavy (non-hydrogen) atoms. The minimum Gasteiger partial charge on any atom is -0.492 e. The Balaban J connectivity index is 1.29. The lowest BCUT2D eigenvalue weighted by Gasteiger charge is -2.24. The second kappa shape index (κ2) is 7.98. The summed E-state index contributed by atoms with van der Waals surface area (Å²) in [5.74, 6) is 0.511. The minimum atomic E-state index is -0.483. The van der Waals surface area contributed by atoms with Crippen LogP contribution in [0.25, 0.3) is 0 Å². The first-order valence-corrected chi connectivity index (χ1v) is 9.23. The molecule has 2 aromatic rings. The molecule has 2 aliphatic rings. The van der Waals surface area contributed by atoms with Gasteiger partial charge in [-0.1, -0.05) is 11.6 Å². The third kappa shape index (κ3) is 4.14. The Morgan fingerprint density at radius 1 is 1.04 bits per heavy atom. The fourth-order valence-electron chi connectivity index (χ4n) is 3.09. The molecule has 0 bridgehead atoms. The second-order valence-corrected chi connectivity index (χ2v) is 6.91. The Morgan fingerprint density at radius 2 is 1.82 bits per heavy atom. The summed E-state index contributed by atoms with van der Waals surface area (Å²) >= 11 is 5.99. The molecule has 146 valence electrons. The van der Waals surface area contributed by atoms with Gasteiger partial charge in [-0.3, -0.25) is 9.59 Å². The zero-order valence-electron chi connectivity index (χ0n) is 14.9. The van der Waals surface area contributed by atoms with Gasteiger partial charge in [-0.15, -0.1) is 0 Å². The molecule has 0 aromatic heterocycles. The average molecular weight is 404 g/mol. The maximum absolute atomic E-state index is 12.3. The van der Waals surface area contributed by atoms with Gasteiger partial charge in [0.2, 0.25) is 0 Å². The highest BCUT2D eigenvalue weighted by atomic mass is 35.5. The largest absolute Gasteiger partial charge is 0.492 e. The monoisotopic (exact) mass is 403 g/mol. The molecule has 0 spiro atoms. The highest BCUT2D eigenvalue weighted by Gasteiger charge is 2.28. The molecular formula is C20H18ClNO6. The predicted molar refractivity (Wildman–Crippen MR) is 101 cm³/mol. The summed E-state index contributed by atoms with van der Waals surface area (Å²) in [7, 11) is 0. The molecule has 1 atom stereocenters. The number of esters is 1. The molecule has 1 N–H and O–H groups in total. The molecule has 2 aliphatic heterocycles. The third-order valence-electron chi connectivity index (χ3n) is 4.43. The fourth-order valence-corrected chi connectivity index (χ4v) is 3.28. The number of hydrogen-bond donors (Lipinski definition) is 1. The molecule has 0 saturated heterocycles. The van der Waals surface area contributed by atoms with Gasteiger partial charge in [0.05, 0.1) is 5.92 Å². The number of carbonyl (C=O) groups is 2. The summed E-state index contributed by atoms with van der Waals surface area (Å²) in [5.41, 5.74) is 1.39. The average Bonchev–Trinajstić information content (AvgIpc) is 2.71. The van der Waals surface area contributed by atoms with Crippen LogP contribution in [0.15, 0.2) is 36.4 Å². The summed E-state index contributed by atoms with van der Waals surface area (Å²) in [4.78, 5) is 24.4. The van der Waals surface area contributed by atoms with Crippen molar-refractivity contribution in [1.29, 1.82) is 0 Å². The van der Waals surface area contributed by atoms with Crippen LogP contribution in [0.2, 0.25) is 5.02 Å². The van der Waals surface area contributed by atoms with Crippen LogP contribution in [0.5, 0.6) is 17.2 Å². The molecule has 2 heterocycles. The van der Waals surface area contributed by atoms with E-state index in [4.69, 9.17) is 30.5 Å². The molecule has 1 amide bonds. The number of anilines is 1. The summed E-state index contributed by atoms with van der Waals surface area (Å²) in [6, 6.07) is 10.4. The maximum atomic E-state index is 12.3. The first-order valence-electron chi connectivity index (χ1n) is 8.86. The number of fused-ring (bicyclic) bond motifs is 2. The van der Waals surface area contributed by atoms with Crippen molar-refractivity contribution >= 4 is 29.2 Å². The van der Waals surface area contributed by atoms with E-state index in [0.717, 1.165) is 5.56 Å². The Kier molecular flexibility index (Phi) is 5.25. The van der Waals surface area contributed by atoms with Crippen LogP contribution in [0.4, 0.5) is 5.69 Å². The summed E-state index contributed by atoms with van der Waals surface area (Å²) in [5, 5.41) is 3.25. The Hall–Kier alpha value is -2.93. The molecule has 0 unspecified atom stereocenters.